The molecule has 0 heterocycles. The third-order valence-electron chi connectivity index (χ3n) is 3.71. The summed E-state index contributed by atoms with van der Waals surface area (Å²) in [6.07, 6.45) is 0. The van der Waals surface area contributed by atoms with Gasteiger partial charge in [0.1, 0.15) is 0 Å². The van der Waals surface area contributed by atoms with E-state index in [1.165, 1.54) is 11.1 Å². The standard InChI is InChI=1S/C17H20N2O/c1-11-10-12(2)14(4)16(13(11)3)17(19-20)18-15-8-6-5-7-9-15/h5-10,20H,1-4H3,(H,18,19). The van der Waals surface area contributed by atoms with Crippen LogP contribution in [0.2, 0.25) is 0 Å². The van der Waals surface area contributed by atoms with Crippen LogP contribution in [0, 0.1) is 27.7 Å². The van der Waals surface area contributed by atoms with Crippen molar-refractivity contribution in [1.29, 1.82) is 0 Å². The molecule has 0 aromatic heterocycles. The van der Waals surface area contributed by atoms with E-state index < -0.39 is 0 Å². The zero-order valence-corrected chi connectivity index (χ0v) is 12.4. The molecule has 0 saturated heterocycles. The molecular weight excluding hydrogens is 248 g/mol. The smallest absolute Gasteiger partial charge is 0.157 e. The maximum Gasteiger partial charge on any atom is 0.157 e. The Morgan fingerprint density at radius 1 is 0.950 bits per heavy atom. The van der Waals surface area contributed by atoms with Crippen molar-refractivity contribution >= 4 is 11.5 Å². The van der Waals surface area contributed by atoms with Gasteiger partial charge in [-0.2, -0.15) is 0 Å². The van der Waals surface area contributed by atoms with Gasteiger partial charge in [-0.1, -0.05) is 24.3 Å². The molecule has 0 amide bonds. The molecule has 3 heteroatoms. The number of hydrogen-bond acceptors (Lipinski definition) is 2. The van der Waals surface area contributed by atoms with Crippen LogP contribution in [0.5, 0.6) is 0 Å². The monoisotopic (exact) mass is 268 g/mol. The van der Waals surface area contributed by atoms with E-state index in [2.05, 4.69) is 44.2 Å². The molecule has 2 N–H and O–H groups in total. The van der Waals surface area contributed by atoms with E-state index in [1.807, 2.05) is 30.3 Å². The third kappa shape index (κ3) is 2.73. The second kappa shape index (κ2) is 5.88. The van der Waals surface area contributed by atoms with Gasteiger partial charge in [0.25, 0.3) is 0 Å². The van der Waals surface area contributed by atoms with Gasteiger partial charge in [-0.05, 0) is 62.1 Å². The SMILES string of the molecule is Cc1cc(C)c(C)c(C(=Nc2ccccc2)NO)c1C. The molecule has 20 heavy (non-hydrogen) atoms. The van der Waals surface area contributed by atoms with E-state index in [1.54, 1.807) is 0 Å². The van der Waals surface area contributed by atoms with Crippen LogP contribution < -0.4 is 5.48 Å². The van der Waals surface area contributed by atoms with Crippen LogP contribution in [-0.2, 0) is 0 Å². The quantitative estimate of drug-likeness (QED) is 0.491. The van der Waals surface area contributed by atoms with Crippen LogP contribution in [-0.4, -0.2) is 11.0 Å². The van der Waals surface area contributed by atoms with E-state index in [0.717, 1.165) is 22.4 Å². The maximum atomic E-state index is 9.49. The van der Waals surface area contributed by atoms with Crippen LogP contribution in [0.1, 0.15) is 27.8 Å². The number of nitrogens with zero attached hydrogens (tertiary/aromatic N) is 1. The molecular formula is C17H20N2O. The van der Waals surface area contributed by atoms with E-state index in [0.29, 0.717) is 5.84 Å². The highest BCUT2D eigenvalue weighted by Crippen LogP contribution is 2.23. The summed E-state index contributed by atoms with van der Waals surface area (Å²) >= 11 is 0. The molecule has 0 aliphatic heterocycles. The van der Waals surface area contributed by atoms with Gasteiger partial charge in [0.15, 0.2) is 5.84 Å². The first-order valence-corrected chi connectivity index (χ1v) is 6.66. The number of aliphatic imine (C=N–C) groups is 1. The minimum atomic E-state index is 0.484. The van der Waals surface area contributed by atoms with Gasteiger partial charge >= 0.3 is 0 Å². The maximum absolute atomic E-state index is 9.49. The Kier molecular flexibility index (Phi) is 4.20. The highest BCUT2D eigenvalue weighted by Gasteiger charge is 2.13. The zero-order chi connectivity index (χ0) is 14.7. The molecule has 2 rings (SSSR count). The van der Waals surface area contributed by atoms with Crippen LogP contribution in [0.3, 0.4) is 0 Å². The fraction of sp³-hybridized carbons (Fsp3) is 0.235. The summed E-state index contributed by atoms with van der Waals surface area (Å²) < 4.78 is 0. The van der Waals surface area contributed by atoms with Crippen molar-refractivity contribution in [3.63, 3.8) is 0 Å². The summed E-state index contributed by atoms with van der Waals surface area (Å²) in [5.74, 6) is 0.484. The summed E-state index contributed by atoms with van der Waals surface area (Å²) in [7, 11) is 0. The molecule has 0 spiro atoms. The van der Waals surface area contributed by atoms with Gasteiger partial charge in [-0.3, -0.25) is 10.7 Å². The van der Waals surface area contributed by atoms with Gasteiger partial charge in [0.2, 0.25) is 0 Å². The lowest BCUT2D eigenvalue weighted by Gasteiger charge is -2.16. The third-order valence-corrected chi connectivity index (χ3v) is 3.71. The Labute approximate surface area is 120 Å². The molecule has 0 aliphatic carbocycles. The molecule has 2 aromatic rings. The van der Waals surface area contributed by atoms with Crippen molar-refractivity contribution in [3.05, 3.63) is 64.2 Å². The van der Waals surface area contributed by atoms with Crippen molar-refractivity contribution in [2.24, 2.45) is 4.99 Å². The van der Waals surface area contributed by atoms with E-state index >= 15 is 0 Å². The lowest BCUT2D eigenvalue weighted by molar-refractivity contribution is 0.235. The Bertz CT molecular complexity index is 620. The van der Waals surface area contributed by atoms with Crippen molar-refractivity contribution in [3.8, 4) is 0 Å². The largest absolute Gasteiger partial charge is 0.290 e. The summed E-state index contributed by atoms with van der Waals surface area (Å²) in [6.45, 7) is 8.25. The lowest BCUT2D eigenvalue weighted by Crippen LogP contribution is -2.23. The van der Waals surface area contributed by atoms with Gasteiger partial charge < -0.3 is 0 Å². The molecule has 0 saturated carbocycles. The molecule has 104 valence electrons. The van der Waals surface area contributed by atoms with Crippen LogP contribution in [0.4, 0.5) is 5.69 Å². The lowest BCUT2D eigenvalue weighted by atomic mass is 9.93. The van der Waals surface area contributed by atoms with Crippen molar-refractivity contribution in [2.75, 3.05) is 0 Å². The average molecular weight is 268 g/mol. The fourth-order valence-electron chi connectivity index (χ4n) is 2.34. The molecule has 0 bridgehead atoms. The number of para-hydroxylation sites is 1. The Balaban J connectivity index is 2.61. The number of aryl methyl sites for hydroxylation is 2. The molecule has 0 fully saturated rings. The Hall–Kier alpha value is -2.13. The van der Waals surface area contributed by atoms with Crippen LogP contribution >= 0.6 is 0 Å². The predicted octanol–water partition coefficient (Wildman–Crippen LogP) is 3.98. The first kappa shape index (κ1) is 14.3. The number of rotatable bonds is 2. The Morgan fingerprint density at radius 2 is 1.50 bits per heavy atom. The second-order valence-corrected chi connectivity index (χ2v) is 5.04. The minimum absolute atomic E-state index is 0.484. The highest BCUT2D eigenvalue weighted by molar-refractivity contribution is 6.02. The van der Waals surface area contributed by atoms with Crippen molar-refractivity contribution in [1.82, 2.24) is 5.48 Å². The number of hydrogen-bond donors (Lipinski definition) is 2. The molecule has 3 nitrogen and oxygen atoms in total. The second-order valence-electron chi connectivity index (χ2n) is 5.04. The van der Waals surface area contributed by atoms with Gasteiger partial charge in [-0.25, -0.2) is 4.99 Å². The minimum Gasteiger partial charge on any atom is -0.290 e. The normalized spacial score (nSPS) is 11.6. The molecule has 0 atom stereocenters. The predicted molar refractivity (Wildman–Crippen MR) is 83.0 cm³/mol. The van der Waals surface area contributed by atoms with Gasteiger partial charge in [0, 0.05) is 5.56 Å². The van der Waals surface area contributed by atoms with Crippen molar-refractivity contribution in [2.45, 2.75) is 27.7 Å². The zero-order valence-electron chi connectivity index (χ0n) is 12.4. The van der Waals surface area contributed by atoms with Gasteiger partial charge in [-0.15, -0.1) is 0 Å². The van der Waals surface area contributed by atoms with Crippen molar-refractivity contribution < 1.29 is 5.21 Å². The van der Waals surface area contributed by atoms with Gasteiger partial charge in [0.05, 0.1) is 5.69 Å². The average Bonchev–Trinajstić information content (AvgIpc) is 2.45. The van der Waals surface area contributed by atoms with Crippen LogP contribution in [0.25, 0.3) is 0 Å². The number of hydroxylamine groups is 1. The summed E-state index contributed by atoms with van der Waals surface area (Å²) in [5, 5.41) is 9.49. The first-order valence-electron chi connectivity index (χ1n) is 6.66. The van der Waals surface area contributed by atoms with E-state index in [-0.39, 0.29) is 0 Å². The fourth-order valence-corrected chi connectivity index (χ4v) is 2.34. The van der Waals surface area contributed by atoms with E-state index in [9.17, 15) is 5.21 Å². The topological polar surface area (TPSA) is 44.6 Å². The summed E-state index contributed by atoms with van der Waals surface area (Å²) in [4.78, 5) is 4.51. The summed E-state index contributed by atoms with van der Waals surface area (Å²) in [5.41, 5.74) is 8.67. The first-order chi connectivity index (χ1) is 9.54. The molecule has 2 aromatic carbocycles. The van der Waals surface area contributed by atoms with E-state index in [4.69, 9.17) is 0 Å². The number of amidine groups is 1. The van der Waals surface area contributed by atoms with Crippen LogP contribution in [0.15, 0.2) is 41.4 Å². The Morgan fingerprint density at radius 3 is 2.00 bits per heavy atom. The highest BCUT2D eigenvalue weighted by atomic mass is 16.5. The molecule has 0 aliphatic rings. The number of nitrogens with one attached hydrogen (secondary N) is 1. The number of benzene rings is 2. The molecule has 0 radical (unpaired) electrons. The molecule has 0 unspecified atom stereocenters. The summed E-state index contributed by atoms with van der Waals surface area (Å²) in [6, 6.07) is 11.8.